The fourth-order valence-corrected chi connectivity index (χ4v) is 0. The molecule has 0 aliphatic carbocycles. The van der Waals surface area contributed by atoms with Crippen molar-refractivity contribution in [1.82, 2.24) is 0 Å². The lowest BCUT2D eigenvalue weighted by Gasteiger charge is -1.76. The summed E-state index contributed by atoms with van der Waals surface area (Å²) < 4.78 is 0. The fourth-order valence-electron chi connectivity index (χ4n) is 0. The largest absolute Gasteiger partial charge is 0.328 e. The van der Waals surface area contributed by atoms with Crippen LogP contribution in [0.4, 0.5) is 0 Å². The van der Waals surface area contributed by atoms with Gasteiger partial charge in [-0.05, 0) is 84.2 Å². The summed E-state index contributed by atoms with van der Waals surface area (Å²) in [6.07, 6.45) is 0. The van der Waals surface area contributed by atoms with Crippen LogP contribution in [0.15, 0.2) is 0 Å². The van der Waals surface area contributed by atoms with Crippen molar-refractivity contribution in [2.75, 3.05) is 0 Å². The maximum Gasteiger partial charge on any atom is 0.324 e. The zero-order valence-electron chi connectivity index (χ0n) is 9.91. The summed E-state index contributed by atoms with van der Waals surface area (Å²) in [4.78, 5) is 21.7. The van der Waals surface area contributed by atoms with Crippen molar-refractivity contribution in [3.05, 3.63) is 0 Å². The van der Waals surface area contributed by atoms with E-state index in [9.17, 15) is 0 Å². The minimum absolute atomic E-state index is 0.694. The third kappa shape index (κ3) is 419. The lowest BCUT2D eigenvalue weighted by Crippen LogP contribution is -1.79. The fraction of sp³-hybridized carbons (Fsp3) is 0. The Balaban J connectivity index is -0.0000000420. The molecule has 0 atom stereocenters. The Morgan fingerprint density at radius 3 is 0.615 bits per heavy atom. The Morgan fingerprint density at radius 1 is 0.615 bits per heavy atom. The molecule has 13 heteroatoms. The maximum atomic E-state index is 7.23. The summed E-state index contributed by atoms with van der Waals surface area (Å²) in [5.41, 5.74) is 0. The Hall–Kier alpha value is 2.26. The normalized spacial score (nSPS) is 11.1. The first kappa shape index (κ1) is 24.5. The van der Waals surface area contributed by atoms with Gasteiger partial charge in [0.15, 0.2) is 0 Å². The second kappa shape index (κ2) is 36.7. The summed E-state index contributed by atoms with van der Waals surface area (Å²) in [5.74, 6) is 0. The van der Waals surface area contributed by atoms with Gasteiger partial charge in [-0.2, -0.15) is 0 Å². The van der Waals surface area contributed by atoms with Gasteiger partial charge in [0, 0.05) is 0 Å². The highest BCUT2D eigenvalue weighted by atomic mass is 31.2. The van der Waals surface area contributed by atoms with Crippen molar-refractivity contribution in [3.8, 4) is 0 Å². The predicted molar refractivity (Wildman–Crippen MR) is 98.8 cm³/mol. The molecule has 0 aromatic heterocycles. The highest BCUT2D eigenvalue weighted by molar-refractivity contribution is 7.38. The van der Waals surface area contributed by atoms with Crippen LogP contribution in [-0.4, -0.2) is 98.9 Å². The van der Waals surface area contributed by atoms with Crippen LogP contribution in [0.1, 0.15) is 0 Å². The van der Waals surface area contributed by atoms with Gasteiger partial charge in [0.2, 0.25) is 0 Å². The average molecular weight is 359 g/mol. The number of rotatable bonds is 0. The molecule has 0 aliphatic heterocycles. The van der Waals surface area contributed by atoms with Gasteiger partial charge in [-0.15, -0.1) is 0 Å². The highest BCUT2D eigenvalue weighted by Gasteiger charge is 1.76. The Morgan fingerprint density at radius 2 is 0.615 bits per heavy atom. The lowest BCUT2D eigenvalue weighted by atomic mass is 15.8. The first-order valence-electron chi connectivity index (χ1n) is 4.84. The summed E-state index contributed by atoms with van der Waals surface area (Å²) in [7, 11) is 8.88. The Bertz CT molecular complexity index is 36.3. The highest BCUT2D eigenvalue weighted by Crippen LogP contribution is 2.11. The second-order valence-electron chi connectivity index (χ2n) is 2.39. The molecule has 13 heavy (non-hydrogen) atoms. The standard InChI is InChI=1S/H3O3P.3H8Si3/c1-4(2)3;3*1-3-2/h1-3H;3*3H2,1-2H3. The van der Waals surface area contributed by atoms with Crippen LogP contribution in [-0.2, 0) is 0 Å². The molecule has 0 rings (SSSR count). The molecule has 0 saturated carbocycles. The van der Waals surface area contributed by atoms with E-state index in [4.69, 9.17) is 14.7 Å². The molecule has 0 unspecified atom stereocenters. The quantitative estimate of drug-likeness (QED) is 0.298. The van der Waals surface area contributed by atoms with E-state index in [1.54, 1.807) is 58.6 Å². The SMILES string of the molecule is OP(O)O.[SiH3][SiH2][SiH3].[SiH3][SiH2][SiH3].[SiH3][SiH2][SiH3]. The molecular weight excluding hydrogens is 332 g/mol. The minimum Gasteiger partial charge on any atom is -0.328 e. The van der Waals surface area contributed by atoms with E-state index in [-0.39, 0.29) is 0 Å². The van der Waals surface area contributed by atoms with Gasteiger partial charge in [0.1, 0.15) is 0 Å². The summed E-state index contributed by atoms with van der Waals surface area (Å²) in [5, 5.41) is 0. The lowest BCUT2D eigenvalue weighted by molar-refractivity contribution is 0.368. The average Bonchev–Trinajstić information content (AvgIpc) is 1.88. The molecule has 0 spiro atoms. The van der Waals surface area contributed by atoms with E-state index in [0.29, 0.717) is 25.7 Å². The second-order valence-corrected chi connectivity index (χ2v) is 58.1. The van der Waals surface area contributed by atoms with Crippen LogP contribution in [0, 0.1) is 0 Å². The molecule has 0 aliphatic rings. The van der Waals surface area contributed by atoms with Gasteiger partial charge in [0.25, 0.3) is 0 Å². The molecule has 0 fully saturated rings. The van der Waals surface area contributed by atoms with Crippen LogP contribution in [0.3, 0.4) is 0 Å². The maximum absolute atomic E-state index is 7.23. The third-order valence-corrected chi connectivity index (χ3v) is 0. The molecule has 0 bridgehead atoms. The molecular formula is H27O3PSi9. The van der Waals surface area contributed by atoms with Crippen molar-refractivity contribution in [1.29, 1.82) is 0 Å². The Labute approximate surface area is 107 Å². The predicted octanol–water partition coefficient (Wildman–Crippen LogP) is -10.7. The first-order valence-corrected chi connectivity index (χ1v) is 40.0. The molecule has 0 heterocycles. The summed E-state index contributed by atoms with van der Waals surface area (Å²) in [6.45, 7) is 0. The van der Waals surface area contributed by atoms with Crippen molar-refractivity contribution in [2.24, 2.45) is 0 Å². The topological polar surface area (TPSA) is 60.7 Å². The van der Waals surface area contributed by atoms with Gasteiger partial charge < -0.3 is 14.7 Å². The van der Waals surface area contributed by atoms with Gasteiger partial charge >= 0.3 is 8.60 Å². The molecule has 0 saturated heterocycles. The van der Waals surface area contributed by atoms with Gasteiger partial charge in [-0.25, -0.2) is 0 Å². The van der Waals surface area contributed by atoms with E-state index in [1.807, 2.05) is 0 Å². The third-order valence-electron chi connectivity index (χ3n) is 0. The zero-order chi connectivity index (χ0) is 11.7. The molecule has 0 radical (unpaired) electrons. The van der Waals surface area contributed by atoms with Crippen molar-refractivity contribution in [3.63, 3.8) is 0 Å². The zero-order valence-corrected chi connectivity index (χ0v) is 27.0. The molecule has 0 aromatic rings. The van der Waals surface area contributed by atoms with Crippen molar-refractivity contribution >= 4 is 92.8 Å². The van der Waals surface area contributed by atoms with Crippen molar-refractivity contribution < 1.29 is 14.7 Å². The van der Waals surface area contributed by atoms with Crippen molar-refractivity contribution in [2.45, 2.75) is 0 Å². The summed E-state index contributed by atoms with van der Waals surface area (Å²) in [6, 6.07) is 0. The molecule has 0 amide bonds. The van der Waals surface area contributed by atoms with E-state index in [0.717, 1.165) is 0 Å². The molecule has 3 N–H and O–H groups in total. The van der Waals surface area contributed by atoms with Crippen LogP contribution in [0.5, 0.6) is 0 Å². The molecule has 3 nitrogen and oxygen atoms in total. The molecule has 86 valence electrons. The monoisotopic (exact) mass is 358 g/mol. The van der Waals surface area contributed by atoms with Gasteiger partial charge in [-0.1, -0.05) is 0 Å². The minimum atomic E-state index is -2.62. The van der Waals surface area contributed by atoms with Crippen LogP contribution in [0.2, 0.25) is 0 Å². The smallest absolute Gasteiger partial charge is 0.324 e. The number of hydrogen-bond donors (Lipinski definition) is 3. The van der Waals surface area contributed by atoms with E-state index < -0.39 is 8.60 Å². The van der Waals surface area contributed by atoms with Gasteiger partial charge in [-0.3, -0.25) is 0 Å². The first-order chi connectivity index (χ1) is 5.97. The van der Waals surface area contributed by atoms with Crippen LogP contribution in [0.25, 0.3) is 0 Å². The van der Waals surface area contributed by atoms with E-state index in [2.05, 4.69) is 0 Å². The Kier molecular flexibility index (Phi) is 69.2. The van der Waals surface area contributed by atoms with E-state index in [1.165, 1.54) is 0 Å². The number of hydrogen-bond acceptors (Lipinski definition) is 3. The van der Waals surface area contributed by atoms with Crippen LogP contribution >= 0.6 is 8.60 Å². The molecule has 0 aromatic carbocycles. The summed E-state index contributed by atoms with van der Waals surface area (Å²) >= 11 is 0. The van der Waals surface area contributed by atoms with Gasteiger partial charge in [0.05, 0.1) is 0 Å². The van der Waals surface area contributed by atoms with E-state index >= 15 is 0 Å². The van der Waals surface area contributed by atoms with Crippen LogP contribution < -0.4 is 0 Å².